The van der Waals surface area contributed by atoms with E-state index in [2.05, 4.69) is 13.9 Å². The molecule has 21 heteroatoms. The van der Waals surface area contributed by atoms with E-state index in [1.54, 1.807) is 0 Å². The maximum atomic E-state index is 13.4. The zero-order valence-electron chi connectivity index (χ0n) is 18.4. The van der Waals surface area contributed by atoms with Crippen LogP contribution < -0.4 is 5.90 Å². The van der Waals surface area contributed by atoms with Gasteiger partial charge in [0.2, 0.25) is 0 Å². The zero-order chi connectivity index (χ0) is 28.1. The topological polar surface area (TPSA) is 108 Å². The van der Waals surface area contributed by atoms with E-state index in [9.17, 15) is 48.5 Å². The number of hydrogen-bond acceptors (Lipinski definition) is 10. The first-order valence-corrected chi connectivity index (χ1v) is 12.1. The number of alkyl halides is 10. The number of halogens is 10. The van der Waals surface area contributed by atoms with Crippen molar-refractivity contribution in [3.8, 4) is 0 Å². The Kier molecular flexibility index (Phi) is 15.7. The standard InChI is InChI=1S/C15H24F10NO8PS/c1-2-31-35(27,34-26)32-8-7-29-4-3-28-5-6-30-9-10-36-12(17,18)11(16)33-15(24,25)13(19,20)14(21,22)23/h11H,2-10,26H2,1H3. The average molecular weight is 599 g/mol. The number of thioether (sulfide) groups is 1. The third kappa shape index (κ3) is 12.4. The predicted molar refractivity (Wildman–Crippen MR) is 102 cm³/mol. The maximum Gasteiger partial charge on any atom is 0.491 e. The van der Waals surface area contributed by atoms with Crippen LogP contribution in [0, 0.1) is 0 Å². The van der Waals surface area contributed by atoms with E-state index in [1.165, 1.54) is 6.92 Å². The smallest absolute Gasteiger partial charge is 0.378 e. The van der Waals surface area contributed by atoms with Crippen molar-refractivity contribution in [2.24, 2.45) is 5.90 Å². The molecule has 2 atom stereocenters. The van der Waals surface area contributed by atoms with Crippen LogP contribution in [0.4, 0.5) is 43.9 Å². The Hall–Kier alpha value is -0.440. The van der Waals surface area contributed by atoms with Crippen LogP contribution in [0.15, 0.2) is 0 Å². The molecular weight excluding hydrogens is 575 g/mol. The SMILES string of the molecule is CCOP(=O)(ON)OCCOCCOCCOCCSC(F)(F)C(F)OC(F)(F)C(F)(F)C(F)(F)F. The Morgan fingerprint density at radius 3 is 1.72 bits per heavy atom. The zero-order valence-corrected chi connectivity index (χ0v) is 20.1. The van der Waals surface area contributed by atoms with Gasteiger partial charge in [0.15, 0.2) is 0 Å². The van der Waals surface area contributed by atoms with E-state index in [-0.39, 0.29) is 46.2 Å². The van der Waals surface area contributed by atoms with Crippen LogP contribution in [0.2, 0.25) is 0 Å². The highest BCUT2D eigenvalue weighted by Crippen LogP contribution is 2.49. The highest BCUT2D eigenvalue weighted by molar-refractivity contribution is 8.00. The highest BCUT2D eigenvalue weighted by Gasteiger charge is 2.76. The Bertz CT molecular complexity index is 664. The quantitative estimate of drug-likeness (QED) is 0.0877. The van der Waals surface area contributed by atoms with Gasteiger partial charge in [-0.25, -0.2) is 19.5 Å². The molecule has 0 saturated carbocycles. The van der Waals surface area contributed by atoms with E-state index < -0.39 is 61.8 Å². The number of hydrogen-bond donors (Lipinski definition) is 1. The summed E-state index contributed by atoms with van der Waals surface area (Å²) >= 11 is -0.705. The maximum absolute atomic E-state index is 13.4. The summed E-state index contributed by atoms with van der Waals surface area (Å²) in [5.41, 5.74) is 0. The molecule has 36 heavy (non-hydrogen) atoms. The summed E-state index contributed by atoms with van der Waals surface area (Å²) in [5.74, 6) is -2.88. The lowest BCUT2D eigenvalue weighted by Crippen LogP contribution is -2.55. The third-order valence-electron chi connectivity index (χ3n) is 3.40. The molecule has 0 fully saturated rings. The molecule has 0 spiro atoms. The van der Waals surface area contributed by atoms with Gasteiger partial charge in [-0.1, -0.05) is 11.8 Å². The van der Waals surface area contributed by atoms with Gasteiger partial charge in [0.1, 0.15) is 0 Å². The monoisotopic (exact) mass is 599 g/mol. The van der Waals surface area contributed by atoms with Crippen molar-refractivity contribution < 1.29 is 81.1 Å². The Balaban J connectivity index is 3.98. The van der Waals surface area contributed by atoms with Crippen LogP contribution in [0.25, 0.3) is 0 Å². The van der Waals surface area contributed by atoms with E-state index in [0.717, 1.165) is 0 Å². The summed E-state index contributed by atoms with van der Waals surface area (Å²) in [5, 5.41) is -4.89. The third-order valence-corrected chi connectivity index (χ3v) is 5.67. The summed E-state index contributed by atoms with van der Waals surface area (Å²) in [4.78, 5) is 0. The number of phosphoric acid groups is 1. The second kappa shape index (κ2) is 15.8. The highest BCUT2D eigenvalue weighted by atomic mass is 32.2. The van der Waals surface area contributed by atoms with Crippen molar-refractivity contribution in [3.05, 3.63) is 0 Å². The van der Waals surface area contributed by atoms with Gasteiger partial charge in [0, 0.05) is 5.75 Å². The molecular formula is C15H24F10NO8PS. The molecule has 0 aliphatic heterocycles. The molecule has 0 aromatic carbocycles. The van der Waals surface area contributed by atoms with E-state index in [1.807, 2.05) is 0 Å². The van der Waals surface area contributed by atoms with E-state index in [4.69, 9.17) is 24.6 Å². The molecule has 0 bridgehead atoms. The van der Waals surface area contributed by atoms with Gasteiger partial charge in [0.25, 0.3) is 6.36 Å². The first kappa shape index (κ1) is 35.6. The molecule has 0 aliphatic rings. The summed E-state index contributed by atoms with van der Waals surface area (Å²) in [6.45, 7) is 0.745. The van der Waals surface area contributed by atoms with Gasteiger partial charge in [0.05, 0.1) is 52.9 Å². The van der Waals surface area contributed by atoms with Crippen molar-refractivity contribution in [1.82, 2.24) is 0 Å². The largest absolute Gasteiger partial charge is 0.491 e. The summed E-state index contributed by atoms with van der Waals surface area (Å²) < 4.78 is 169. The second-order valence-electron chi connectivity index (χ2n) is 6.07. The van der Waals surface area contributed by atoms with Crippen LogP contribution in [0.3, 0.4) is 0 Å². The molecule has 0 rings (SSSR count). The van der Waals surface area contributed by atoms with Gasteiger partial charge in [-0.3, -0.25) is 13.8 Å². The molecule has 0 saturated heterocycles. The van der Waals surface area contributed by atoms with E-state index in [0.29, 0.717) is 0 Å². The fourth-order valence-electron chi connectivity index (χ4n) is 1.75. The first-order chi connectivity index (χ1) is 16.5. The Morgan fingerprint density at radius 1 is 0.806 bits per heavy atom. The summed E-state index contributed by atoms with van der Waals surface area (Å²) in [7, 11) is -3.85. The van der Waals surface area contributed by atoms with Crippen LogP contribution >= 0.6 is 19.6 Å². The minimum Gasteiger partial charge on any atom is -0.378 e. The predicted octanol–water partition coefficient (Wildman–Crippen LogP) is 4.52. The summed E-state index contributed by atoms with van der Waals surface area (Å²) in [6.07, 6.45) is -17.9. The number of rotatable bonds is 21. The first-order valence-electron chi connectivity index (χ1n) is 9.62. The van der Waals surface area contributed by atoms with Gasteiger partial charge in [-0.05, 0) is 6.92 Å². The normalized spacial score (nSPS) is 16.2. The fourth-order valence-corrected chi connectivity index (χ4v) is 3.21. The summed E-state index contributed by atoms with van der Waals surface area (Å²) in [6, 6.07) is 0. The van der Waals surface area contributed by atoms with E-state index >= 15 is 0 Å². The molecule has 0 radical (unpaired) electrons. The van der Waals surface area contributed by atoms with Gasteiger partial charge in [-0.2, -0.15) is 39.5 Å². The average Bonchev–Trinajstić information content (AvgIpc) is 2.75. The lowest BCUT2D eigenvalue weighted by molar-refractivity contribution is -0.446. The van der Waals surface area contributed by atoms with Gasteiger partial charge < -0.3 is 14.2 Å². The second-order valence-corrected chi connectivity index (χ2v) is 8.94. The Labute approximate surface area is 202 Å². The van der Waals surface area contributed by atoms with Crippen molar-refractivity contribution in [2.45, 2.75) is 36.7 Å². The lowest BCUT2D eigenvalue weighted by Gasteiger charge is -2.30. The number of nitrogens with two attached hydrogens (primary N) is 1. The molecule has 218 valence electrons. The molecule has 9 nitrogen and oxygen atoms in total. The van der Waals surface area contributed by atoms with Crippen LogP contribution in [-0.2, 0) is 37.2 Å². The fraction of sp³-hybridized carbons (Fsp3) is 1.00. The van der Waals surface area contributed by atoms with Crippen LogP contribution in [0.1, 0.15) is 6.92 Å². The van der Waals surface area contributed by atoms with Gasteiger partial charge >= 0.3 is 31.3 Å². The van der Waals surface area contributed by atoms with Crippen molar-refractivity contribution in [1.29, 1.82) is 0 Å². The van der Waals surface area contributed by atoms with Crippen LogP contribution in [-0.4, -0.2) is 88.4 Å². The van der Waals surface area contributed by atoms with Crippen molar-refractivity contribution >= 4 is 19.6 Å². The number of ether oxygens (including phenoxy) is 4. The molecule has 2 unspecified atom stereocenters. The van der Waals surface area contributed by atoms with Crippen molar-refractivity contribution in [3.63, 3.8) is 0 Å². The lowest BCUT2D eigenvalue weighted by atomic mass is 10.3. The Morgan fingerprint density at radius 2 is 1.28 bits per heavy atom. The molecule has 0 heterocycles. The number of phosphoric ester groups is 1. The minimum absolute atomic E-state index is 0.0230. The molecule has 2 N–H and O–H groups in total. The minimum atomic E-state index is -6.90. The van der Waals surface area contributed by atoms with Gasteiger partial charge in [-0.15, -0.1) is 0 Å². The molecule has 0 aliphatic carbocycles. The molecule has 0 aromatic rings. The van der Waals surface area contributed by atoms with Crippen LogP contribution in [0.5, 0.6) is 0 Å². The molecule has 0 aromatic heterocycles. The molecule has 0 amide bonds. The van der Waals surface area contributed by atoms with Crippen molar-refractivity contribution in [2.75, 3.05) is 58.6 Å².